The van der Waals surface area contributed by atoms with Gasteiger partial charge in [-0.25, -0.2) is 4.79 Å². The van der Waals surface area contributed by atoms with Crippen molar-refractivity contribution in [1.29, 1.82) is 0 Å². The highest BCUT2D eigenvalue weighted by Crippen LogP contribution is 2.89. The lowest BCUT2D eigenvalue weighted by molar-refractivity contribution is -0.192. The fourth-order valence-corrected chi connectivity index (χ4v) is 12.0. The number of carboxylic acids is 1. The molecular weight excluding hydrogens is 416 g/mol. The van der Waals surface area contributed by atoms with Gasteiger partial charge in [-0.2, -0.15) is 0 Å². The number of hydrogen-bond donors (Lipinski definition) is 3. The number of hydrogen-bond acceptors (Lipinski definition) is 4. The number of fused-ring (bicyclic) bond motifs is 4. The van der Waals surface area contributed by atoms with E-state index < -0.39 is 18.2 Å². The summed E-state index contributed by atoms with van der Waals surface area (Å²) in [4.78, 5) is 11.8. The van der Waals surface area contributed by atoms with Gasteiger partial charge in [0.1, 0.15) is 0 Å². The lowest BCUT2D eigenvalue weighted by Crippen LogP contribution is -2.60. The molecule has 0 amide bonds. The zero-order chi connectivity index (χ0) is 23.8. The van der Waals surface area contributed by atoms with Crippen LogP contribution in [0.2, 0.25) is 0 Å². The maximum atomic E-state index is 12.1. The van der Waals surface area contributed by atoms with Gasteiger partial charge in [0.15, 0.2) is 6.10 Å². The summed E-state index contributed by atoms with van der Waals surface area (Å²) in [7, 11) is 0. The van der Waals surface area contributed by atoms with Crippen LogP contribution in [0.3, 0.4) is 0 Å². The third kappa shape index (κ3) is 2.30. The average molecular weight is 461 g/mol. The molecule has 6 aliphatic rings. The third-order valence-corrected chi connectivity index (χ3v) is 13.3. The van der Waals surface area contributed by atoms with Crippen molar-refractivity contribution in [3.63, 3.8) is 0 Å². The predicted molar refractivity (Wildman–Crippen MR) is 124 cm³/mol. The number of ether oxygens (including phenoxy) is 1. The van der Waals surface area contributed by atoms with Crippen LogP contribution >= 0.6 is 0 Å². The molecule has 5 heteroatoms. The summed E-state index contributed by atoms with van der Waals surface area (Å²) in [6.07, 6.45) is 7.41. The number of rotatable bonds is 2. The van der Waals surface area contributed by atoms with E-state index in [0.29, 0.717) is 23.7 Å². The molecule has 5 nitrogen and oxygen atoms in total. The Morgan fingerprint density at radius 1 is 1.00 bits per heavy atom. The predicted octanol–water partition coefficient (Wildman–Crippen LogP) is 4.64. The molecule has 12 atom stereocenters. The van der Waals surface area contributed by atoms with Crippen LogP contribution in [0.5, 0.6) is 0 Å². The fourth-order valence-electron chi connectivity index (χ4n) is 12.0. The molecule has 186 valence electrons. The van der Waals surface area contributed by atoms with Gasteiger partial charge in [-0.3, -0.25) is 0 Å². The second kappa shape index (κ2) is 6.56. The molecule has 0 aromatic heterocycles. The summed E-state index contributed by atoms with van der Waals surface area (Å²) in [5, 5.41) is 32.7. The smallest absolute Gasteiger partial charge is 0.332 e. The molecule has 5 aliphatic carbocycles. The van der Waals surface area contributed by atoms with Crippen molar-refractivity contribution in [3.8, 4) is 0 Å². The van der Waals surface area contributed by atoms with E-state index in [1.807, 2.05) is 0 Å². The van der Waals surface area contributed by atoms with E-state index in [1.165, 1.54) is 12.8 Å². The van der Waals surface area contributed by atoms with Crippen LogP contribution in [0.1, 0.15) is 92.4 Å². The highest BCUT2D eigenvalue weighted by Gasteiger charge is 2.85. The Kier molecular flexibility index (Phi) is 4.53. The van der Waals surface area contributed by atoms with Gasteiger partial charge >= 0.3 is 5.97 Å². The Balaban J connectivity index is 1.43. The van der Waals surface area contributed by atoms with Crippen LogP contribution < -0.4 is 0 Å². The van der Waals surface area contributed by atoms with Gasteiger partial charge in [0.2, 0.25) is 0 Å². The standard InChI is InChI=1S/C28H44O5/c1-6-28-18-8-7-17-24(3,4)19(29)9-10-26(17)14-27(18,26)12-11-25(28,5)20-15(2)13-16(23(31)32)33-21(20)22(28)30/h15-22,29-30H,6-14H2,1-5H3,(H,31,32). The molecule has 0 radical (unpaired) electrons. The Hall–Kier alpha value is -0.650. The van der Waals surface area contributed by atoms with Crippen molar-refractivity contribution in [1.82, 2.24) is 0 Å². The average Bonchev–Trinajstić information content (AvgIpc) is 3.38. The monoisotopic (exact) mass is 460 g/mol. The first kappa shape index (κ1) is 22.8. The van der Waals surface area contributed by atoms with E-state index in [2.05, 4.69) is 34.6 Å². The maximum absolute atomic E-state index is 12.1. The molecule has 2 spiro atoms. The van der Waals surface area contributed by atoms with Crippen LogP contribution in [0.15, 0.2) is 0 Å². The van der Waals surface area contributed by atoms with E-state index in [4.69, 9.17) is 4.74 Å². The second-order valence-electron chi connectivity index (χ2n) is 14.0. The van der Waals surface area contributed by atoms with Gasteiger partial charge in [0, 0.05) is 5.41 Å². The van der Waals surface area contributed by atoms with E-state index in [-0.39, 0.29) is 45.7 Å². The van der Waals surface area contributed by atoms with Crippen molar-refractivity contribution >= 4 is 5.97 Å². The SMILES string of the molecule is CCC12C(O)C3OC(C(=O)O)CC(C)C3C1(C)CCC13CC14CCC(O)C(C)(C)C4CCC32. The molecule has 33 heavy (non-hydrogen) atoms. The second-order valence-corrected chi connectivity index (χ2v) is 14.0. The quantitative estimate of drug-likeness (QED) is 0.559. The summed E-state index contributed by atoms with van der Waals surface area (Å²) >= 11 is 0. The Morgan fingerprint density at radius 2 is 1.67 bits per heavy atom. The van der Waals surface area contributed by atoms with Crippen molar-refractivity contribution in [2.24, 2.45) is 50.7 Å². The first-order chi connectivity index (χ1) is 15.4. The van der Waals surface area contributed by atoms with Gasteiger partial charge < -0.3 is 20.1 Å². The highest BCUT2D eigenvalue weighted by molar-refractivity contribution is 5.72. The molecule has 6 rings (SSSR count). The van der Waals surface area contributed by atoms with Gasteiger partial charge in [-0.05, 0) is 103 Å². The molecule has 0 aromatic carbocycles. The van der Waals surface area contributed by atoms with E-state index in [1.54, 1.807) is 0 Å². The van der Waals surface area contributed by atoms with Gasteiger partial charge in [-0.15, -0.1) is 0 Å². The number of aliphatic carboxylic acids is 1. The van der Waals surface area contributed by atoms with Gasteiger partial charge in [0.25, 0.3) is 0 Å². The van der Waals surface area contributed by atoms with Crippen LogP contribution in [-0.2, 0) is 9.53 Å². The third-order valence-electron chi connectivity index (χ3n) is 13.3. The molecular formula is C28H44O5. The molecule has 12 unspecified atom stereocenters. The van der Waals surface area contributed by atoms with Gasteiger partial charge in [0.05, 0.1) is 18.3 Å². The molecule has 1 aliphatic heterocycles. The van der Waals surface area contributed by atoms with E-state index in [0.717, 1.165) is 38.5 Å². The number of aliphatic hydroxyl groups excluding tert-OH is 2. The minimum atomic E-state index is -0.890. The summed E-state index contributed by atoms with van der Waals surface area (Å²) in [6.45, 7) is 11.5. The first-order valence-corrected chi connectivity index (χ1v) is 13.7. The number of carboxylic acid groups (broad SMARTS) is 1. The molecule has 6 fully saturated rings. The zero-order valence-corrected chi connectivity index (χ0v) is 21.1. The maximum Gasteiger partial charge on any atom is 0.332 e. The summed E-state index contributed by atoms with van der Waals surface area (Å²) in [5.41, 5.74) is 0.335. The number of carbonyl (C=O) groups is 1. The van der Waals surface area contributed by atoms with Crippen molar-refractivity contribution in [2.75, 3.05) is 0 Å². The van der Waals surface area contributed by atoms with Crippen molar-refractivity contribution < 1.29 is 24.9 Å². The molecule has 1 saturated heterocycles. The molecule has 0 bridgehead atoms. The van der Waals surface area contributed by atoms with Crippen LogP contribution in [0.4, 0.5) is 0 Å². The van der Waals surface area contributed by atoms with E-state index >= 15 is 0 Å². The Morgan fingerprint density at radius 3 is 2.33 bits per heavy atom. The topological polar surface area (TPSA) is 87.0 Å². The molecule has 3 N–H and O–H groups in total. The normalized spacial score (nSPS) is 60.6. The minimum absolute atomic E-state index is 0.0229. The largest absolute Gasteiger partial charge is 0.479 e. The first-order valence-electron chi connectivity index (χ1n) is 13.7. The molecule has 1 heterocycles. The summed E-state index contributed by atoms with van der Waals surface area (Å²) in [6, 6.07) is 0. The lowest BCUT2D eigenvalue weighted by Gasteiger charge is -2.64. The molecule has 0 aromatic rings. The lowest BCUT2D eigenvalue weighted by atomic mass is 9.40. The van der Waals surface area contributed by atoms with Gasteiger partial charge in [-0.1, -0.05) is 34.6 Å². The van der Waals surface area contributed by atoms with E-state index in [9.17, 15) is 20.1 Å². The zero-order valence-electron chi connectivity index (χ0n) is 21.1. The van der Waals surface area contributed by atoms with Crippen LogP contribution in [-0.4, -0.2) is 45.7 Å². The fraction of sp³-hybridized carbons (Fsp3) is 0.964. The Bertz CT molecular complexity index is 870. The van der Waals surface area contributed by atoms with Crippen molar-refractivity contribution in [2.45, 2.75) is 117 Å². The number of aliphatic hydroxyl groups is 2. The molecule has 5 saturated carbocycles. The summed E-state index contributed by atoms with van der Waals surface area (Å²) < 4.78 is 6.23. The minimum Gasteiger partial charge on any atom is -0.479 e. The van der Waals surface area contributed by atoms with Crippen LogP contribution in [0.25, 0.3) is 0 Å². The van der Waals surface area contributed by atoms with Crippen molar-refractivity contribution in [3.05, 3.63) is 0 Å². The summed E-state index contributed by atoms with van der Waals surface area (Å²) in [5.74, 6) is 0.600. The Labute approximate surface area is 198 Å². The van der Waals surface area contributed by atoms with Crippen LogP contribution in [0, 0.1) is 50.7 Å². The highest BCUT2D eigenvalue weighted by atomic mass is 16.5.